The number of rotatable bonds is 4. The topological polar surface area (TPSA) is 93.3 Å². The van der Waals surface area contributed by atoms with Crippen LogP contribution in [0.25, 0.3) is 11.5 Å². The summed E-state index contributed by atoms with van der Waals surface area (Å²) >= 11 is 0. The van der Waals surface area contributed by atoms with E-state index in [0.29, 0.717) is 11.0 Å². The number of aryl methyl sites for hydroxylation is 1. The van der Waals surface area contributed by atoms with E-state index in [-0.39, 0.29) is 23.4 Å². The van der Waals surface area contributed by atoms with Crippen LogP contribution in [0.4, 0.5) is 6.01 Å². The summed E-state index contributed by atoms with van der Waals surface area (Å²) in [6.45, 7) is 3.45. The molecular weight excluding hydrogens is 334 g/mol. The van der Waals surface area contributed by atoms with Gasteiger partial charge in [-0.15, -0.1) is 5.10 Å². The fraction of sp³-hybridized carbons (Fsp3) is 0.556. The maximum Gasteiger partial charge on any atom is 0.316 e. The van der Waals surface area contributed by atoms with Gasteiger partial charge in [-0.2, -0.15) is 0 Å². The van der Waals surface area contributed by atoms with Gasteiger partial charge >= 0.3 is 6.01 Å². The van der Waals surface area contributed by atoms with Gasteiger partial charge in [-0.1, -0.05) is 5.10 Å². The summed E-state index contributed by atoms with van der Waals surface area (Å²) in [5, 5.41) is 10.9. The molecule has 1 saturated heterocycles. The van der Waals surface area contributed by atoms with Gasteiger partial charge in [-0.05, 0) is 44.1 Å². The zero-order chi connectivity index (χ0) is 18.3. The Morgan fingerprint density at radius 3 is 2.65 bits per heavy atom. The van der Waals surface area contributed by atoms with Crippen molar-refractivity contribution in [2.24, 2.45) is 12.5 Å². The van der Waals surface area contributed by atoms with Crippen molar-refractivity contribution in [2.75, 3.05) is 18.4 Å². The van der Waals surface area contributed by atoms with Crippen molar-refractivity contribution >= 4 is 11.9 Å². The van der Waals surface area contributed by atoms with E-state index in [9.17, 15) is 9.59 Å². The molecule has 2 aromatic heterocycles. The second kappa shape index (κ2) is 6.26. The molecule has 1 aliphatic carbocycles. The molecule has 1 N–H and O–H groups in total. The van der Waals surface area contributed by atoms with E-state index in [2.05, 4.69) is 15.5 Å². The lowest BCUT2D eigenvalue weighted by atomic mass is 9.93. The van der Waals surface area contributed by atoms with E-state index in [1.807, 2.05) is 4.90 Å². The standard InChI is InChI=1S/C18H23N5O3/c1-12(16(25)23-9-6-18(4-5-18)7-10-23)19-17-21-20-15(26-17)13-3-8-22(2)14(24)11-13/h3,8,11-12H,4-7,9-10H2,1-2H3,(H,19,21)/t12-/m0/s1. The number of carbonyl (C=O) groups is 1. The van der Waals surface area contributed by atoms with Crippen LogP contribution >= 0.6 is 0 Å². The molecule has 1 atom stereocenters. The predicted molar refractivity (Wildman–Crippen MR) is 95.5 cm³/mol. The second-order valence-electron chi connectivity index (χ2n) is 7.47. The third-order valence-corrected chi connectivity index (χ3v) is 5.58. The lowest BCUT2D eigenvalue weighted by Gasteiger charge is -2.33. The normalized spacial score (nSPS) is 19.4. The molecule has 8 nitrogen and oxygen atoms in total. The Labute approximate surface area is 151 Å². The van der Waals surface area contributed by atoms with E-state index < -0.39 is 6.04 Å². The van der Waals surface area contributed by atoms with Crippen molar-refractivity contribution in [1.82, 2.24) is 19.7 Å². The first-order valence-electron chi connectivity index (χ1n) is 9.02. The molecule has 26 heavy (non-hydrogen) atoms. The predicted octanol–water partition coefficient (Wildman–Crippen LogP) is 1.64. The Morgan fingerprint density at radius 2 is 2.00 bits per heavy atom. The van der Waals surface area contributed by atoms with Crippen LogP contribution in [0.3, 0.4) is 0 Å². The molecule has 0 bridgehead atoms. The number of carbonyl (C=O) groups excluding carboxylic acids is 1. The molecular formula is C18H23N5O3. The Bertz CT molecular complexity index is 873. The molecule has 1 spiro atoms. The Kier molecular flexibility index (Phi) is 4.05. The number of nitrogens with one attached hydrogen (secondary N) is 1. The number of hydrogen-bond acceptors (Lipinski definition) is 6. The summed E-state index contributed by atoms with van der Waals surface area (Å²) in [5.41, 5.74) is 0.942. The number of hydrogen-bond donors (Lipinski definition) is 1. The molecule has 3 heterocycles. The van der Waals surface area contributed by atoms with E-state index in [1.165, 1.54) is 23.5 Å². The summed E-state index contributed by atoms with van der Waals surface area (Å²) in [6, 6.07) is 2.90. The van der Waals surface area contributed by atoms with Gasteiger partial charge in [0.15, 0.2) is 0 Å². The number of nitrogens with zero attached hydrogens (tertiary/aromatic N) is 4. The number of aromatic nitrogens is 3. The zero-order valence-electron chi connectivity index (χ0n) is 15.1. The number of pyridine rings is 1. The highest BCUT2D eigenvalue weighted by molar-refractivity contribution is 5.83. The van der Waals surface area contributed by atoms with E-state index in [1.54, 1.807) is 26.2 Å². The molecule has 0 radical (unpaired) electrons. The summed E-state index contributed by atoms with van der Waals surface area (Å²) in [7, 11) is 1.67. The average Bonchev–Trinajstić information content (AvgIpc) is 3.22. The quantitative estimate of drug-likeness (QED) is 0.894. The molecule has 138 valence electrons. The van der Waals surface area contributed by atoms with Crippen molar-refractivity contribution in [3.8, 4) is 11.5 Å². The van der Waals surface area contributed by atoms with Gasteiger partial charge in [0.2, 0.25) is 11.8 Å². The van der Waals surface area contributed by atoms with E-state index in [4.69, 9.17) is 4.42 Å². The Morgan fingerprint density at radius 1 is 1.27 bits per heavy atom. The van der Waals surface area contributed by atoms with Crippen molar-refractivity contribution < 1.29 is 9.21 Å². The molecule has 1 saturated carbocycles. The van der Waals surface area contributed by atoms with Crippen LogP contribution in [-0.4, -0.2) is 44.7 Å². The highest BCUT2D eigenvalue weighted by Gasteiger charge is 2.45. The molecule has 2 aromatic rings. The molecule has 2 fully saturated rings. The van der Waals surface area contributed by atoms with Gasteiger partial charge in [0, 0.05) is 38.0 Å². The first-order valence-corrected chi connectivity index (χ1v) is 9.02. The van der Waals surface area contributed by atoms with Crippen molar-refractivity contribution in [2.45, 2.75) is 38.6 Å². The molecule has 2 aliphatic rings. The average molecular weight is 357 g/mol. The minimum atomic E-state index is -0.444. The van der Waals surface area contributed by atoms with E-state index in [0.717, 1.165) is 25.9 Å². The smallest absolute Gasteiger partial charge is 0.316 e. The van der Waals surface area contributed by atoms with Gasteiger partial charge in [-0.25, -0.2) is 0 Å². The maximum atomic E-state index is 12.6. The van der Waals surface area contributed by atoms with Gasteiger partial charge in [-0.3, -0.25) is 9.59 Å². The summed E-state index contributed by atoms with van der Waals surface area (Å²) in [5.74, 6) is 0.298. The third kappa shape index (κ3) is 3.23. The second-order valence-corrected chi connectivity index (χ2v) is 7.47. The zero-order valence-corrected chi connectivity index (χ0v) is 15.1. The number of piperidine rings is 1. The first-order chi connectivity index (χ1) is 12.5. The monoisotopic (exact) mass is 357 g/mol. The van der Waals surface area contributed by atoms with Crippen LogP contribution in [0.5, 0.6) is 0 Å². The van der Waals surface area contributed by atoms with Crippen molar-refractivity contribution in [3.63, 3.8) is 0 Å². The van der Waals surface area contributed by atoms with Crippen molar-refractivity contribution in [3.05, 3.63) is 28.7 Å². The lowest BCUT2D eigenvalue weighted by Crippen LogP contribution is -2.45. The summed E-state index contributed by atoms with van der Waals surface area (Å²) < 4.78 is 7.03. The minimum absolute atomic E-state index is 0.0498. The number of likely N-dealkylation sites (tertiary alicyclic amines) is 1. The fourth-order valence-corrected chi connectivity index (χ4v) is 3.48. The highest BCUT2D eigenvalue weighted by atomic mass is 16.4. The largest absolute Gasteiger partial charge is 0.403 e. The van der Waals surface area contributed by atoms with E-state index >= 15 is 0 Å². The van der Waals surface area contributed by atoms with Gasteiger partial charge in [0.1, 0.15) is 6.04 Å². The SMILES string of the molecule is C[C@H](Nc1nnc(-c2ccn(C)c(=O)c2)o1)C(=O)N1CCC2(CC1)CC2. The first kappa shape index (κ1) is 16.8. The van der Waals surface area contributed by atoms with Crippen LogP contribution in [0.1, 0.15) is 32.6 Å². The van der Waals surface area contributed by atoms with Crippen LogP contribution in [0.15, 0.2) is 27.5 Å². The van der Waals surface area contributed by atoms with Crippen LogP contribution in [0, 0.1) is 5.41 Å². The van der Waals surface area contributed by atoms with Gasteiger partial charge in [0.25, 0.3) is 5.56 Å². The van der Waals surface area contributed by atoms with Crippen LogP contribution in [0.2, 0.25) is 0 Å². The molecule has 0 aromatic carbocycles. The summed E-state index contributed by atoms with van der Waals surface area (Å²) in [6.07, 6.45) is 6.49. The molecule has 1 aliphatic heterocycles. The summed E-state index contributed by atoms with van der Waals surface area (Å²) in [4.78, 5) is 26.3. The molecule has 8 heteroatoms. The van der Waals surface area contributed by atoms with Gasteiger partial charge in [0.05, 0.1) is 0 Å². The maximum absolute atomic E-state index is 12.6. The number of anilines is 1. The number of amides is 1. The van der Waals surface area contributed by atoms with Gasteiger partial charge < -0.3 is 19.2 Å². The Balaban J connectivity index is 1.39. The fourth-order valence-electron chi connectivity index (χ4n) is 3.48. The molecule has 4 rings (SSSR count). The molecule has 1 amide bonds. The Hall–Kier alpha value is -2.64. The minimum Gasteiger partial charge on any atom is -0.403 e. The van der Waals surface area contributed by atoms with Crippen molar-refractivity contribution in [1.29, 1.82) is 0 Å². The lowest BCUT2D eigenvalue weighted by molar-refractivity contribution is -0.133. The highest BCUT2D eigenvalue weighted by Crippen LogP contribution is 2.53. The van der Waals surface area contributed by atoms with Crippen LogP contribution < -0.4 is 10.9 Å². The molecule has 0 unspecified atom stereocenters. The van der Waals surface area contributed by atoms with Crippen LogP contribution in [-0.2, 0) is 11.8 Å². The third-order valence-electron chi connectivity index (χ3n) is 5.58.